The molecule has 1 aromatic carbocycles. The van der Waals surface area contributed by atoms with Crippen LogP contribution in [0.2, 0.25) is 0 Å². The Bertz CT molecular complexity index is 440. The van der Waals surface area contributed by atoms with Crippen LogP contribution in [-0.2, 0) is 4.74 Å². The molecular weight excluding hydrogens is 340 g/mol. The number of carbonyl (C=O) groups is 1. The number of methoxy groups -OCH3 is 1. The third-order valence-corrected chi connectivity index (χ3v) is 11.7. The van der Waals surface area contributed by atoms with Crippen LogP contribution in [0.4, 0.5) is 0 Å². The number of benzene rings is 1. The van der Waals surface area contributed by atoms with E-state index in [1.165, 1.54) is 5.30 Å². The fraction of sp³-hybridized carbons (Fsp3) is 0.500. The van der Waals surface area contributed by atoms with Gasteiger partial charge in [-0.15, -0.1) is 8.93 Å². The Labute approximate surface area is 134 Å². The number of carbonyl (C=O) groups excluding carboxylic acids is 1. The van der Waals surface area contributed by atoms with Crippen LogP contribution in [0, 0.1) is 0 Å². The van der Waals surface area contributed by atoms with Crippen molar-refractivity contribution in [3.63, 3.8) is 0 Å². The van der Waals surface area contributed by atoms with Crippen LogP contribution in [0.15, 0.2) is 18.2 Å². The lowest BCUT2D eigenvalue weighted by molar-refractivity contribution is 0.0938. The van der Waals surface area contributed by atoms with E-state index in [2.05, 4.69) is 15.9 Å². The van der Waals surface area contributed by atoms with Gasteiger partial charge in [-0.2, -0.15) is 0 Å². The Hall–Kier alpha value is 0.370. The molecule has 0 spiro atoms. The number of ketones is 1. The minimum Gasteiger partial charge on any atom is -0.496 e. The number of rotatable bonds is 11. The third kappa shape index (κ3) is 7.45. The molecule has 118 valence electrons. The minimum absolute atomic E-state index is 0.165. The summed E-state index contributed by atoms with van der Waals surface area (Å²) in [4.78, 5) is 12.2. The molecule has 0 aliphatic rings. The number of hydrogen-bond donors (Lipinski definition) is 0. The zero-order valence-corrected chi connectivity index (χ0v) is 16.7. The Morgan fingerprint density at radius 3 is 2.81 bits per heavy atom. The second-order valence-corrected chi connectivity index (χ2v) is 13.0. The maximum atomic E-state index is 12.2. The van der Waals surface area contributed by atoms with Crippen molar-refractivity contribution in [2.24, 2.45) is 0 Å². The molecule has 0 saturated heterocycles. The largest absolute Gasteiger partial charge is 0.496 e. The second kappa shape index (κ2) is 11.9. The number of hydrogen-bond acceptors (Lipinski definition) is 3. The average molecular weight is 364 g/mol. The number of ether oxygens (including phenoxy) is 2. The summed E-state index contributed by atoms with van der Waals surface area (Å²) in [5.74, 6) is 1.01. The summed E-state index contributed by atoms with van der Waals surface area (Å²) in [5, 5.41) is 1.22. The maximum absolute atomic E-state index is 12.2. The lowest BCUT2D eigenvalue weighted by Crippen LogP contribution is -2.06. The van der Waals surface area contributed by atoms with Gasteiger partial charge in [0.25, 0.3) is 0 Å². The SMILES string of the molecule is CCCOCCCC(=O)c1ccc(PPPP)c(OC)c1. The Morgan fingerprint density at radius 2 is 2.14 bits per heavy atom. The van der Waals surface area contributed by atoms with Gasteiger partial charge >= 0.3 is 0 Å². The molecule has 0 radical (unpaired) electrons. The molecule has 3 nitrogen and oxygen atoms in total. The molecule has 0 N–H and O–H groups in total. The lowest BCUT2D eigenvalue weighted by atomic mass is 10.1. The van der Waals surface area contributed by atoms with Gasteiger partial charge in [-0.1, -0.05) is 43.2 Å². The van der Waals surface area contributed by atoms with Crippen LogP contribution >= 0.6 is 33.1 Å². The summed E-state index contributed by atoms with van der Waals surface area (Å²) < 4.78 is 10.8. The van der Waals surface area contributed by atoms with E-state index in [0.717, 1.165) is 54.9 Å². The van der Waals surface area contributed by atoms with Gasteiger partial charge in [-0.25, -0.2) is 0 Å². The van der Waals surface area contributed by atoms with Gasteiger partial charge in [-0.3, -0.25) is 4.79 Å². The molecule has 0 amide bonds. The van der Waals surface area contributed by atoms with Gasteiger partial charge in [0.1, 0.15) is 5.75 Å². The first-order chi connectivity index (χ1) is 10.2. The molecule has 7 heteroatoms. The molecule has 0 heterocycles. The average Bonchev–Trinajstić information content (AvgIpc) is 2.52. The second-order valence-electron chi connectivity index (χ2n) is 4.45. The first-order valence-electron chi connectivity index (χ1n) is 6.98. The molecule has 4 unspecified atom stereocenters. The quantitative estimate of drug-likeness (QED) is 0.332. The highest BCUT2D eigenvalue weighted by Crippen LogP contribution is 2.56. The fourth-order valence-electron chi connectivity index (χ4n) is 1.80. The standard InChI is InChI=1S/C14H24O3P4/c1-3-8-17-9-4-5-12(15)11-6-7-14(19-21-20-18)13(10-11)16-2/h6-7,10,19-21H,3-5,8-9,18H2,1-2H3. The van der Waals surface area contributed by atoms with E-state index in [4.69, 9.17) is 9.47 Å². The first-order valence-corrected chi connectivity index (χ1v) is 13.8. The highest BCUT2D eigenvalue weighted by atomic mass is 32.6. The highest BCUT2D eigenvalue weighted by Gasteiger charge is 2.10. The van der Waals surface area contributed by atoms with Crippen molar-refractivity contribution < 1.29 is 14.3 Å². The Balaban J connectivity index is 2.55. The molecule has 0 aromatic heterocycles. The van der Waals surface area contributed by atoms with Gasteiger partial charge in [0.15, 0.2) is 5.78 Å². The number of Topliss-reactive ketones (excluding diaryl/α,β-unsaturated/α-hetero) is 1. The molecule has 0 saturated carbocycles. The Morgan fingerprint density at radius 1 is 1.33 bits per heavy atom. The van der Waals surface area contributed by atoms with Crippen LogP contribution in [0.3, 0.4) is 0 Å². The molecule has 4 atom stereocenters. The van der Waals surface area contributed by atoms with E-state index < -0.39 is 0 Å². The summed E-state index contributed by atoms with van der Waals surface area (Å²) in [6.45, 7) is 3.51. The van der Waals surface area contributed by atoms with Crippen LogP contribution < -0.4 is 10.0 Å². The summed E-state index contributed by atoms with van der Waals surface area (Å²) in [5.41, 5.74) is 0.743. The third-order valence-electron chi connectivity index (χ3n) is 2.83. The van der Waals surface area contributed by atoms with Gasteiger partial charge < -0.3 is 9.47 Å². The van der Waals surface area contributed by atoms with Crippen molar-refractivity contribution in [1.29, 1.82) is 0 Å². The summed E-state index contributed by atoms with van der Waals surface area (Å²) in [7, 11) is 7.02. The lowest BCUT2D eigenvalue weighted by Gasteiger charge is -2.10. The molecule has 0 fully saturated rings. The van der Waals surface area contributed by atoms with Crippen molar-refractivity contribution in [2.75, 3.05) is 20.3 Å². The van der Waals surface area contributed by atoms with Crippen molar-refractivity contribution in [3.8, 4) is 5.75 Å². The van der Waals surface area contributed by atoms with E-state index in [0.29, 0.717) is 13.0 Å². The fourth-order valence-corrected chi connectivity index (χ4v) is 7.52. The molecule has 0 aliphatic heterocycles. The van der Waals surface area contributed by atoms with E-state index in [-0.39, 0.29) is 5.78 Å². The zero-order valence-electron chi connectivity index (χ0n) is 12.6. The Kier molecular flexibility index (Phi) is 11.0. The normalized spacial score (nSPS) is 12.3. The van der Waals surface area contributed by atoms with Crippen molar-refractivity contribution in [3.05, 3.63) is 23.8 Å². The molecule has 1 rings (SSSR count). The summed E-state index contributed by atoms with van der Waals surface area (Å²) in [6, 6.07) is 5.85. The molecule has 21 heavy (non-hydrogen) atoms. The van der Waals surface area contributed by atoms with Crippen molar-refractivity contribution >= 4 is 44.2 Å². The molecule has 0 aliphatic carbocycles. The van der Waals surface area contributed by atoms with Crippen LogP contribution in [0.1, 0.15) is 36.5 Å². The van der Waals surface area contributed by atoms with Crippen molar-refractivity contribution in [1.82, 2.24) is 0 Å². The first kappa shape index (κ1) is 19.4. The van der Waals surface area contributed by atoms with E-state index in [1.54, 1.807) is 7.11 Å². The van der Waals surface area contributed by atoms with Crippen LogP contribution in [0.5, 0.6) is 5.75 Å². The summed E-state index contributed by atoms with van der Waals surface area (Å²) in [6.07, 6.45) is 2.33. The monoisotopic (exact) mass is 364 g/mol. The van der Waals surface area contributed by atoms with E-state index in [1.807, 2.05) is 18.2 Å². The summed E-state index contributed by atoms with van der Waals surface area (Å²) >= 11 is 0. The van der Waals surface area contributed by atoms with Gasteiger partial charge in [-0.05, 0) is 18.9 Å². The smallest absolute Gasteiger partial charge is 0.163 e. The molecule has 1 aromatic rings. The topological polar surface area (TPSA) is 35.5 Å². The predicted molar refractivity (Wildman–Crippen MR) is 102 cm³/mol. The van der Waals surface area contributed by atoms with E-state index in [9.17, 15) is 4.79 Å². The zero-order chi connectivity index (χ0) is 15.5. The predicted octanol–water partition coefficient (Wildman–Crippen LogP) is 4.37. The van der Waals surface area contributed by atoms with Gasteiger partial charge in [0.2, 0.25) is 0 Å². The van der Waals surface area contributed by atoms with Gasteiger partial charge in [0, 0.05) is 30.5 Å². The van der Waals surface area contributed by atoms with Crippen molar-refractivity contribution in [2.45, 2.75) is 26.2 Å². The maximum Gasteiger partial charge on any atom is 0.163 e. The van der Waals surface area contributed by atoms with Crippen LogP contribution in [-0.4, -0.2) is 26.1 Å². The van der Waals surface area contributed by atoms with Gasteiger partial charge in [0.05, 0.1) is 7.11 Å². The highest BCUT2D eigenvalue weighted by molar-refractivity contribution is 8.58. The van der Waals surface area contributed by atoms with E-state index >= 15 is 0 Å². The van der Waals surface area contributed by atoms with Crippen LogP contribution in [0.25, 0.3) is 0 Å². The minimum atomic E-state index is 0.165. The molecule has 0 bridgehead atoms. The molecular formula is C14H24O3P4.